The van der Waals surface area contributed by atoms with Gasteiger partial charge >= 0.3 is 11.9 Å². The summed E-state index contributed by atoms with van der Waals surface area (Å²) in [4.78, 5) is 26.5. The number of benzene rings is 2. The number of anilines is 3. The lowest BCUT2D eigenvalue weighted by Gasteiger charge is -2.38. The molecule has 0 bridgehead atoms. The fraction of sp³-hybridized carbons (Fsp3) is 0.222. The number of piperazine rings is 1. The SMILES string of the molecule is Nc1c(C(=O)O)cccc1N1CCN(c2cccc(C(=O)O)c2)CC1. The van der Waals surface area contributed by atoms with Crippen LogP contribution in [-0.4, -0.2) is 48.3 Å². The Morgan fingerprint density at radius 3 is 2.16 bits per heavy atom. The maximum Gasteiger partial charge on any atom is 0.337 e. The molecular weight excluding hydrogens is 322 g/mol. The predicted octanol–water partition coefficient (Wildman–Crippen LogP) is 1.99. The van der Waals surface area contributed by atoms with E-state index in [0.29, 0.717) is 26.2 Å². The molecule has 1 fully saturated rings. The fourth-order valence-corrected chi connectivity index (χ4v) is 3.06. The zero-order valence-electron chi connectivity index (χ0n) is 13.6. The maximum absolute atomic E-state index is 11.2. The summed E-state index contributed by atoms with van der Waals surface area (Å²) in [6.07, 6.45) is 0. The number of nitrogens with two attached hydrogens (primary N) is 1. The first-order chi connectivity index (χ1) is 12.0. The van der Waals surface area contributed by atoms with Crippen LogP contribution in [0.3, 0.4) is 0 Å². The molecule has 3 rings (SSSR count). The highest BCUT2D eigenvalue weighted by molar-refractivity contribution is 5.97. The number of hydrogen-bond donors (Lipinski definition) is 3. The van der Waals surface area contributed by atoms with Crippen LogP contribution in [0.25, 0.3) is 0 Å². The van der Waals surface area contributed by atoms with E-state index < -0.39 is 11.9 Å². The molecular formula is C18H19N3O4. The lowest BCUT2D eigenvalue weighted by atomic mass is 10.1. The number of nitrogen functional groups attached to an aromatic ring is 1. The van der Waals surface area contributed by atoms with Crippen LogP contribution in [0, 0.1) is 0 Å². The molecule has 0 aliphatic carbocycles. The molecule has 0 aromatic heterocycles. The average Bonchev–Trinajstić information content (AvgIpc) is 2.62. The summed E-state index contributed by atoms with van der Waals surface area (Å²) in [7, 11) is 0. The Morgan fingerprint density at radius 1 is 0.880 bits per heavy atom. The summed E-state index contributed by atoms with van der Waals surface area (Å²) in [5.41, 5.74) is 8.24. The third kappa shape index (κ3) is 3.35. The molecule has 7 heteroatoms. The lowest BCUT2D eigenvalue weighted by molar-refractivity contribution is 0.0686. The van der Waals surface area contributed by atoms with E-state index in [-0.39, 0.29) is 16.8 Å². The van der Waals surface area contributed by atoms with E-state index >= 15 is 0 Å². The summed E-state index contributed by atoms with van der Waals surface area (Å²) >= 11 is 0. The summed E-state index contributed by atoms with van der Waals surface area (Å²) < 4.78 is 0. The lowest BCUT2D eigenvalue weighted by Crippen LogP contribution is -2.46. The van der Waals surface area contributed by atoms with Crippen molar-refractivity contribution in [3.8, 4) is 0 Å². The molecule has 1 heterocycles. The van der Waals surface area contributed by atoms with E-state index in [9.17, 15) is 14.7 Å². The van der Waals surface area contributed by atoms with Crippen LogP contribution < -0.4 is 15.5 Å². The summed E-state index contributed by atoms with van der Waals surface area (Å²) in [6.45, 7) is 2.73. The number of carboxylic acids is 2. The monoisotopic (exact) mass is 341 g/mol. The molecule has 2 aromatic carbocycles. The van der Waals surface area contributed by atoms with Crippen LogP contribution in [0.1, 0.15) is 20.7 Å². The third-order valence-corrected chi connectivity index (χ3v) is 4.39. The van der Waals surface area contributed by atoms with Crippen molar-refractivity contribution in [3.05, 3.63) is 53.6 Å². The molecule has 0 radical (unpaired) electrons. The summed E-state index contributed by atoms with van der Waals surface area (Å²) in [5.74, 6) is -1.98. The second-order valence-corrected chi connectivity index (χ2v) is 5.87. The van der Waals surface area contributed by atoms with Gasteiger partial charge in [0.2, 0.25) is 0 Å². The normalized spacial score (nSPS) is 14.4. The highest BCUT2D eigenvalue weighted by Crippen LogP contribution is 2.28. The number of para-hydroxylation sites is 1. The number of carbonyl (C=O) groups is 2. The number of carboxylic acid groups (broad SMARTS) is 2. The van der Waals surface area contributed by atoms with Gasteiger partial charge in [-0.15, -0.1) is 0 Å². The van der Waals surface area contributed by atoms with Gasteiger partial charge in [-0.25, -0.2) is 9.59 Å². The first-order valence-corrected chi connectivity index (χ1v) is 7.92. The Morgan fingerprint density at radius 2 is 1.52 bits per heavy atom. The molecule has 1 aliphatic rings. The second-order valence-electron chi connectivity index (χ2n) is 5.87. The number of hydrogen-bond acceptors (Lipinski definition) is 5. The molecule has 0 saturated carbocycles. The fourth-order valence-electron chi connectivity index (χ4n) is 3.06. The number of aromatic carboxylic acids is 2. The average molecular weight is 341 g/mol. The van der Waals surface area contributed by atoms with Crippen molar-refractivity contribution in [3.63, 3.8) is 0 Å². The first-order valence-electron chi connectivity index (χ1n) is 7.92. The third-order valence-electron chi connectivity index (χ3n) is 4.39. The quantitative estimate of drug-likeness (QED) is 0.730. The van der Waals surface area contributed by atoms with Crippen molar-refractivity contribution in [2.45, 2.75) is 0 Å². The van der Waals surface area contributed by atoms with E-state index in [0.717, 1.165) is 11.4 Å². The van der Waals surface area contributed by atoms with Crippen molar-refractivity contribution < 1.29 is 19.8 Å². The molecule has 1 saturated heterocycles. The number of nitrogens with zero attached hydrogens (tertiary/aromatic N) is 2. The van der Waals surface area contributed by atoms with Gasteiger partial charge in [-0.2, -0.15) is 0 Å². The van der Waals surface area contributed by atoms with Gasteiger partial charge < -0.3 is 25.7 Å². The molecule has 1 aliphatic heterocycles. The second kappa shape index (κ2) is 6.72. The minimum atomic E-state index is -1.04. The van der Waals surface area contributed by atoms with Crippen molar-refractivity contribution >= 4 is 29.0 Å². The van der Waals surface area contributed by atoms with Gasteiger partial charge in [0.1, 0.15) is 0 Å². The molecule has 130 valence electrons. The molecule has 0 spiro atoms. The van der Waals surface area contributed by atoms with E-state index in [1.807, 2.05) is 12.1 Å². The Balaban J connectivity index is 1.74. The maximum atomic E-state index is 11.2. The van der Waals surface area contributed by atoms with Gasteiger partial charge in [-0.1, -0.05) is 12.1 Å². The van der Waals surface area contributed by atoms with E-state index in [1.165, 1.54) is 6.07 Å². The molecule has 2 aromatic rings. The van der Waals surface area contributed by atoms with Crippen LogP contribution in [0.15, 0.2) is 42.5 Å². The van der Waals surface area contributed by atoms with Crippen LogP contribution in [0.4, 0.5) is 17.1 Å². The summed E-state index contributed by atoms with van der Waals surface area (Å²) in [5, 5.41) is 18.3. The molecule has 0 amide bonds. The van der Waals surface area contributed by atoms with Crippen LogP contribution in [-0.2, 0) is 0 Å². The smallest absolute Gasteiger partial charge is 0.337 e. The zero-order chi connectivity index (χ0) is 18.0. The van der Waals surface area contributed by atoms with Gasteiger partial charge in [-0.05, 0) is 30.3 Å². The van der Waals surface area contributed by atoms with Gasteiger partial charge in [0.15, 0.2) is 0 Å². The standard InChI is InChI=1S/C18H19N3O4/c19-16-14(18(24)25)5-2-6-15(16)21-9-7-20(8-10-21)13-4-1-3-12(11-13)17(22)23/h1-6,11H,7-10,19H2,(H,22,23)(H,24,25). The van der Waals surface area contributed by atoms with Gasteiger partial charge in [0.05, 0.1) is 22.5 Å². The van der Waals surface area contributed by atoms with E-state index in [4.69, 9.17) is 10.8 Å². The first kappa shape index (κ1) is 16.6. The Hall–Kier alpha value is -3.22. The highest BCUT2D eigenvalue weighted by atomic mass is 16.4. The molecule has 25 heavy (non-hydrogen) atoms. The van der Waals surface area contributed by atoms with Gasteiger partial charge in [0, 0.05) is 31.9 Å². The van der Waals surface area contributed by atoms with Crippen molar-refractivity contribution in [2.75, 3.05) is 41.7 Å². The Kier molecular flexibility index (Phi) is 4.47. The van der Waals surface area contributed by atoms with E-state index in [1.54, 1.807) is 24.3 Å². The summed E-state index contributed by atoms with van der Waals surface area (Å²) in [6, 6.07) is 11.9. The topological polar surface area (TPSA) is 107 Å². The zero-order valence-corrected chi connectivity index (χ0v) is 13.6. The number of rotatable bonds is 4. The van der Waals surface area contributed by atoms with Crippen LogP contribution in [0.2, 0.25) is 0 Å². The minimum absolute atomic E-state index is 0.106. The largest absolute Gasteiger partial charge is 0.478 e. The minimum Gasteiger partial charge on any atom is -0.478 e. The molecule has 0 unspecified atom stereocenters. The van der Waals surface area contributed by atoms with E-state index in [2.05, 4.69) is 9.80 Å². The van der Waals surface area contributed by atoms with Gasteiger partial charge in [-0.3, -0.25) is 0 Å². The van der Waals surface area contributed by atoms with Crippen LogP contribution >= 0.6 is 0 Å². The van der Waals surface area contributed by atoms with Crippen molar-refractivity contribution in [1.29, 1.82) is 0 Å². The van der Waals surface area contributed by atoms with Gasteiger partial charge in [0.25, 0.3) is 0 Å². The predicted molar refractivity (Wildman–Crippen MR) is 95.6 cm³/mol. The van der Waals surface area contributed by atoms with Crippen molar-refractivity contribution in [2.24, 2.45) is 0 Å². The molecule has 4 N–H and O–H groups in total. The van der Waals surface area contributed by atoms with Crippen molar-refractivity contribution in [1.82, 2.24) is 0 Å². The highest BCUT2D eigenvalue weighted by Gasteiger charge is 2.21. The van der Waals surface area contributed by atoms with Crippen LogP contribution in [0.5, 0.6) is 0 Å². The molecule has 0 atom stereocenters. The molecule has 7 nitrogen and oxygen atoms in total. The Bertz CT molecular complexity index is 814. The Labute approximate surface area is 144 Å².